The molecule has 0 aliphatic carbocycles. The fourth-order valence-electron chi connectivity index (χ4n) is 3.17. The van der Waals surface area contributed by atoms with Crippen molar-refractivity contribution in [2.75, 3.05) is 25.1 Å². The summed E-state index contributed by atoms with van der Waals surface area (Å²) in [6.07, 6.45) is 2.09. The Hall–Kier alpha value is -2.71. The van der Waals surface area contributed by atoms with Gasteiger partial charge in [-0.05, 0) is 55.3 Å². The molecule has 0 bridgehead atoms. The van der Waals surface area contributed by atoms with Gasteiger partial charge in [0.1, 0.15) is 11.5 Å². The topological polar surface area (TPSA) is 68.5 Å². The summed E-state index contributed by atoms with van der Waals surface area (Å²) in [6, 6.07) is 15.6. The number of nitrogens with one attached hydrogen (secondary N) is 1. The molecule has 0 atom stereocenters. The fraction of sp³-hybridized carbons (Fsp3) is 0.350. The van der Waals surface area contributed by atoms with Gasteiger partial charge >= 0.3 is 0 Å². The molecule has 25 heavy (non-hydrogen) atoms. The first-order valence-corrected chi connectivity index (χ1v) is 8.54. The molecule has 0 saturated carbocycles. The van der Waals surface area contributed by atoms with Gasteiger partial charge in [-0.15, -0.1) is 0 Å². The number of phenols is 1. The number of rotatable bonds is 5. The van der Waals surface area contributed by atoms with E-state index in [1.165, 1.54) is 5.69 Å². The summed E-state index contributed by atoms with van der Waals surface area (Å²) >= 11 is 0. The first-order valence-electron chi connectivity index (χ1n) is 8.54. The molecule has 5 heteroatoms. The molecule has 1 aliphatic heterocycles. The largest absolute Gasteiger partial charge is 0.508 e. The molecule has 1 heterocycles. The highest BCUT2D eigenvalue weighted by Gasteiger charge is 2.19. The third-order valence-electron chi connectivity index (χ3n) is 4.72. The molecule has 0 spiro atoms. The second-order valence-corrected chi connectivity index (χ2v) is 6.30. The van der Waals surface area contributed by atoms with Gasteiger partial charge in [-0.3, -0.25) is 0 Å². The van der Waals surface area contributed by atoms with Crippen LogP contribution in [0.2, 0.25) is 0 Å². The van der Waals surface area contributed by atoms with Crippen molar-refractivity contribution in [3.05, 3.63) is 53.6 Å². The van der Waals surface area contributed by atoms with Crippen LogP contribution in [0.25, 0.3) is 0 Å². The van der Waals surface area contributed by atoms with Crippen LogP contribution in [0.1, 0.15) is 24.0 Å². The highest BCUT2D eigenvalue weighted by atomic mass is 16.5. The lowest BCUT2D eigenvalue weighted by Crippen LogP contribution is -2.42. The van der Waals surface area contributed by atoms with Crippen molar-refractivity contribution < 1.29 is 9.84 Å². The number of anilines is 1. The Bertz CT molecular complexity index is 745. The average molecular weight is 337 g/mol. The summed E-state index contributed by atoms with van der Waals surface area (Å²) in [7, 11) is 1.63. The lowest BCUT2D eigenvalue weighted by atomic mass is 10.0. The van der Waals surface area contributed by atoms with Gasteiger partial charge in [-0.1, -0.05) is 0 Å². The smallest absolute Gasteiger partial charge is 0.120 e. The number of nitrogens with zero attached hydrogens (tertiary/aromatic N) is 2. The van der Waals surface area contributed by atoms with Gasteiger partial charge < -0.3 is 20.1 Å². The Kier molecular flexibility index (Phi) is 5.42. The van der Waals surface area contributed by atoms with E-state index in [2.05, 4.69) is 16.3 Å². The van der Waals surface area contributed by atoms with E-state index in [0.717, 1.165) is 37.2 Å². The third-order valence-corrected chi connectivity index (χ3v) is 4.72. The molecular weight excluding hydrogens is 314 g/mol. The van der Waals surface area contributed by atoms with Crippen LogP contribution in [-0.4, -0.2) is 31.3 Å². The minimum atomic E-state index is 0.295. The maximum atomic E-state index is 9.97. The third kappa shape index (κ3) is 4.23. The summed E-state index contributed by atoms with van der Waals surface area (Å²) in [6.45, 7) is 2.59. The summed E-state index contributed by atoms with van der Waals surface area (Å²) in [5.41, 5.74) is 2.72. The van der Waals surface area contributed by atoms with Crippen LogP contribution in [0.4, 0.5) is 5.69 Å². The van der Waals surface area contributed by atoms with Crippen molar-refractivity contribution in [3.63, 3.8) is 0 Å². The lowest BCUT2D eigenvalue weighted by molar-refractivity contribution is 0.398. The van der Waals surface area contributed by atoms with Gasteiger partial charge in [-0.25, -0.2) is 0 Å². The van der Waals surface area contributed by atoms with Crippen LogP contribution in [0.15, 0.2) is 42.5 Å². The molecule has 2 aromatic carbocycles. The number of hydrogen-bond acceptors (Lipinski definition) is 5. The first kappa shape index (κ1) is 17.1. The number of piperidine rings is 1. The Morgan fingerprint density at radius 1 is 1.20 bits per heavy atom. The highest BCUT2D eigenvalue weighted by molar-refractivity contribution is 5.50. The Balaban J connectivity index is 1.52. The Morgan fingerprint density at radius 3 is 2.56 bits per heavy atom. The maximum Gasteiger partial charge on any atom is 0.120 e. The van der Waals surface area contributed by atoms with Gasteiger partial charge in [0.05, 0.1) is 18.7 Å². The normalized spacial score (nSPS) is 15.0. The van der Waals surface area contributed by atoms with E-state index in [4.69, 9.17) is 10.00 Å². The Morgan fingerprint density at radius 2 is 1.92 bits per heavy atom. The number of ether oxygens (including phenoxy) is 1. The van der Waals surface area contributed by atoms with E-state index in [1.807, 2.05) is 30.3 Å². The Labute approximate surface area is 148 Å². The van der Waals surface area contributed by atoms with Crippen LogP contribution >= 0.6 is 0 Å². The molecule has 1 aliphatic rings. The quantitative estimate of drug-likeness (QED) is 0.878. The van der Waals surface area contributed by atoms with Crippen LogP contribution in [0.5, 0.6) is 11.5 Å². The van der Waals surface area contributed by atoms with E-state index in [0.29, 0.717) is 23.9 Å². The van der Waals surface area contributed by atoms with Crippen molar-refractivity contribution in [3.8, 4) is 17.6 Å². The predicted octanol–water partition coefficient (Wildman–Crippen LogP) is 3.03. The summed E-state index contributed by atoms with van der Waals surface area (Å²) in [5, 5.41) is 22.4. The summed E-state index contributed by atoms with van der Waals surface area (Å²) in [4.78, 5) is 2.35. The second kappa shape index (κ2) is 7.91. The minimum absolute atomic E-state index is 0.295. The van der Waals surface area contributed by atoms with Crippen molar-refractivity contribution in [1.82, 2.24) is 5.32 Å². The van der Waals surface area contributed by atoms with Gasteiger partial charge in [0.25, 0.3) is 0 Å². The zero-order valence-electron chi connectivity index (χ0n) is 14.4. The van der Waals surface area contributed by atoms with Crippen LogP contribution in [0, 0.1) is 11.3 Å². The molecule has 2 aromatic rings. The van der Waals surface area contributed by atoms with Gasteiger partial charge in [0.2, 0.25) is 0 Å². The maximum absolute atomic E-state index is 9.97. The zero-order chi connectivity index (χ0) is 17.6. The number of hydrogen-bond donors (Lipinski definition) is 2. The lowest BCUT2D eigenvalue weighted by Gasteiger charge is -2.34. The standard InChI is InChI=1S/C20H23N3O2/c1-25-19-6-7-20(24)16(12-19)14-22-17-8-10-23(11-9-17)18-4-2-15(13-21)3-5-18/h2-7,12,17,22,24H,8-11,14H2,1H3. The van der Waals surface area contributed by atoms with Crippen LogP contribution in [0.3, 0.4) is 0 Å². The van der Waals surface area contributed by atoms with Crippen molar-refractivity contribution in [2.45, 2.75) is 25.4 Å². The van der Waals surface area contributed by atoms with E-state index >= 15 is 0 Å². The number of phenolic OH excluding ortho intramolecular Hbond substituents is 1. The second-order valence-electron chi connectivity index (χ2n) is 6.30. The van der Waals surface area contributed by atoms with Crippen molar-refractivity contribution >= 4 is 5.69 Å². The first-order chi connectivity index (χ1) is 12.2. The number of benzene rings is 2. The fourth-order valence-corrected chi connectivity index (χ4v) is 3.17. The molecule has 1 fully saturated rings. The molecule has 1 saturated heterocycles. The van der Waals surface area contributed by atoms with E-state index in [9.17, 15) is 5.11 Å². The van der Waals surface area contributed by atoms with Crippen molar-refractivity contribution in [1.29, 1.82) is 5.26 Å². The molecule has 130 valence electrons. The molecule has 3 rings (SSSR count). The number of nitriles is 1. The SMILES string of the molecule is COc1ccc(O)c(CNC2CCN(c3ccc(C#N)cc3)CC2)c1. The molecule has 0 amide bonds. The average Bonchev–Trinajstić information content (AvgIpc) is 2.68. The summed E-state index contributed by atoms with van der Waals surface area (Å²) < 4.78 is 5.22. The number of aromatic hydroxyl groups is 1. The van der Waals surface area contributed by atoms with Gasteiger partial charge in [-0.2, -0.15) is 5.26 Å². The monoisotopic (exact) mass is 337 g/mol. The van der Waals surface area contributed by atoms with Gasteiger partial charge in [0, 0.05) is 36.9 Å². The molecule has 0 aromatic heterocycles. The summed E-state index contributed by atoms with van der Waals surface area (Å²) in [5.74, 6) is 1.05. The van der Waals surface area contributed by atoms with Gasteiger partial charge in [0.15, 0.2) is 0 Å². The zero-order valence-corrected chi connectivity index (χ0v) is 14.4. The molecular formula is C20H23N3O2. The van der Waals surface area contributed by atoms with E-state index in [-0.39, 0.29) is 0 Å². The molecule has 0 radical (unpaired) electrons. The molecule has 0 unspecified atom stereocenters. The molecule has 2 N–H and O–H groups in total. The van der Waals surface area contributed by atoms with Crippen LogP contribution < -0.4 is 15.0 Å². The predicted molar refractivity (Wildman–Crippen MR) is 97.9 cm³/mol. The number of methoxy groups -OCH3 is 1. The highest BCUT2D eigenvalue weighted by Crippen LogP contribution is 2.24. The van der Waals surface area contributed by atoms with Crippen LogP contribution in [-0.2, 0) is 6.54 Å². The van der Waals surface area contributed by atoms with E-state index < -0.39 is 0 Å². The van der Waals surface area contributed by atoms with Crippen molar-refractivity contribution in [2.24, 2.45) is 0 Å². The van der Waals surface area contributed by atoms with E-state index in [1.54, 1.807) is 19.2 Å². The minimum Gasteiger partial charge on any atom is -0.508 e. The molecule has 5 nitrogen and oxygen atoms in total.